The van der Waals surface area contributed by atoms with Gasteiger partial charge in [-0.2, -0.15) is 14.6 Å². The number of methoxy groups -OCH3 is 1. The summed E-state index contributed by atoms with van der Waals surface area (Å²) in [6.07, 6.45) is 1.36. The lowest BCUT2D eigenvalue weighted by atomic mass is 10.1. The SMILES string of the molecule is COC(=O)c1ccc(-c2ccc(C=C(C#N)C(=O)Nc3nc(SCC(C)C)ns3)o2)cc1. The number of benzene rings is 1. The molecule has 8 nitrogen and oxygen atoms in total. The fourth-order valence-electron chi connectivity index (χ4n) is 2.49. The smallest absolute Gasteiger partial charge is 0.337 e. The number of thioether (sulfide) groups is 1. The highest BCUT2D eigenvalue weighted by molar-refractivity contribution is 7.99. The fraction of sp³-hybridized carbons (Fsp3) is 0.227. The fourth-order valence-corrected chi connectivity index (χ4v) is 3.98. The van der Waals surface area contributed by atoms with E-state index in [4.69, 9.17) is 4.42 Å². The standard InChI is InChI=1S/C22H20N4O4S2/c1-13(2)12-31-22-25-21(32-26-22)24-19(27)16(11-23)10-17-8-9-18(30-17)14-4-6-15(7-5-14)20(28)29-3/h4-10,13H,12H2,1-3H3,(H,24,25,26,27). The number of nitrogens with one attached hydrogen (secondary N) is 1. The molecule has 32 heavy (non-hydrogen) atoms. The first kappa shape index (κ1) is 23.2. The molecule has 0 fully saturated rings. The number of carbonyl (C=O) groups excluding carboxylic acids is 2. The van der Waals surface area contributed by atoms with Gasteiger partial charge in [-0.1, -0.05) is 37.7 Å². The third kappa shape index (κ3) is 6.06. The maximum Gasteiger partial charge on any atom is 0.337 e. The lowest BCUT2D eigenvalue weighted by Gasteiger charge is -2.01. The van der Waals surface area contributed by atoms with E-state index in [2.05, 4.69) is 33.3 Å². The minimum atomic E-state index is -0.593. The molecule has 0 unspecified atom stereocenters. The minimum absolute atomic E-state index is 0.126. The van der Waals surface area contributed by atoms with Crippen molar-refractivity contribution in [2.75, 3.05) is 18.2 Å². The van der Waals surface area contributed by atoms with Crippen LogP contribution >= 0.6 is 23.3 Å². The molecule has 0 radical (unpaired) electrons. The van der Waals surface area contributed by atoms with Crippen molar-refractivity contribution in [3.05, 3.63) is 53.3 Å². The molecular weight excluding hydrogens is 448 g/mol. The van der Waals surface area contributed by atoms with Crippen molar-refractivity contribution in [3.63, 3.8) is 0 Å². The van der Waals surface area contributed by atoms with Gasteiger partial charge in [-0.3, -0.25) is 10.1 Å². The second-order valence-electron chi connectivity index (χ2n) is 6.98. The molecule has 0 saturated heterocycles. The Morgan fingerprint density at radius 2 is 2.03 bits per heavy atom. The molecule has 1 amide bonds. The summed E-state index contributed by atoms with van der Waals surface area (Å²) in [6, 6.07) is 12.0. The molecule has 164 valence electrons. The van der Waals surface area contributed by atoms with Gasteiger partial charge in [0.05, 0.1) is 12.7 Å². The van der Waals surface area contributed by atoms with E-state index in [1.165, 1.54) is 24.9 Å². The van der Waals surface area contributed by atoms with Gasteiger partial charge in [-0.25, -0.2) is 4.79 Å². The first-order chi connectivity index (χ1) is 15.4. The topological polar surface area (TPSA) is 118 Å². The highest BCUT2D eigenvalue weighted by atomic mass is 32.2. The number of ether oxygens (including phenoxy) is 1. The van der Waals surface area contributed by atoms with Crippen LogP contribution in [0.5, 0.6) is 0 Å². The van der Waals surface area contributed by atoms with E-state index in [-0.39, 0.29) is 5.57 Å². The van der Waals surface area contributed by atoms with E-state index >= 15 is 0 Å². The maximum atomic E-state index is 12.5. The summed E-state index contributed by atoms with van der Waals surface area (Å²) in [7, 11) is 1.32. The van der Waals surface area contributed by atoms with Crippen LogP contribution in [0.4, 0.5) is 5.13 Å². The number of nitriles is 1. The van der Waals surface area contributed by atoms with Gasteiger partial charge in [0.25, 0.3) is 5.91 Å². The Balaban J connectivity index is 1.69. The average Bonchev–Trinajstić information content (AvgIpc) is 3.45. The predicted octanol–water partition coefficient (Wildman–Crippen LogP) is 4.88. The summed E-state index contributed by atoms with van der Waals surface area (Å²) in [4.78, 5) is 28.3. The Morgan fingerprint density at radius 1 is 1.28 bits per heavy atom. The van der Waals surface area contributed by atoms with E-state index in [0.29, 0.717) is 33.3 Å². The Bertz CT molecular complexity index is 1170. The van der Waals surface area contributed by atoms with Crippen LogP contribution < -0.4 is 5.32 Å². The maximum absolute atomic E-state index is 12.5. The first-order valence-electron chi connectivity index (χ1n) is 9.58. The zero-order chi connectivity index (χ0) is 23.1. The van der Waals surface area contributed by atoms with Crippen molar-refractivity contribution in [2.24, 2.45) is 5.92 Å². The van der Waals surface area contributed by atoms with Crippen LogP contribution in [-0.2, 0) is 9.53 Å². The highest BCUT2D eigenvalue weighted by Gasteiger charge is 2.15. The second-order valence-corrected chi connectivity index (χ2v) is 8.72. The molecule has 0 atom stereocenters. The van der Waals surface area contributed by atoms with Crippen molar-refractivity contribution >= 4 is 46.4 Å². The zero-order valence-electron chi connectivity index (χ0n) is 17.6. The van der Waals surface area contributed by atoms with E-state index in [1.54, 1.807) is 36.4 Å². The number of amides is 1. The number of hydrogen-bond acceptors (Lipinski definition) is 9. The van der Waals surface area contributed by atoms with E-state index in [1.807, 2.05) is 6.07 Å². The number of furan rings is 1. The zero-order valence-corrected chi connectivity index (χ0v) is 19.3. The van der Waals surface area contributed by atoms with Crippen LogP contribution in [0.25, 0.3) is 17.4 Å². The summed E-state index contributed by atoms with van der Waals surface area (Å²) >= 11 is 2.58. The number of carbonyl (C=O) groups is 2. The minimum Gasteiger partial charge on any atom is -0.465 e. The molecule has 10 heteroatoms. The molecular formula is C22H20N4O4S2. The van der Waals surface area contributed by atoms with Crippen LogP contribution in [0.15, 0.2) is 51.5 Å². The molecule has 1 aromatic carbocycles. The summed E-state index contributed by atoms with van der Waals surface area (Å²) in [5.41, 5.74) is 1.04. The lowest BCUT2D eigenvalue weighted by molar-refractivity contribution is -0.112. The van der Waals surface area contributed by atoms with Crippen molar-refractivity contribution < 1.29 is 18.7 Å². The Hall–Kier alpha value is -3.42. The normalized spacial score (nSPS) is 11.3. The monoisotopic (exact) mass is 468 g/mol. The van der Waals surface area contributed by atoms with Gasteiger partial charge in [-0.05, 0) is 30.2 Å². The Morgan fingerprint density at radius 3 is 2.69 bits per heavy atom. The predicted molar refractivity (Wildman–Crippen MR) is 123 cm³/mol. The summed E-state index contributed by atoms with van der Waals surface area (Å²) in [5, 5.41) is 12.9. The van der Waals surface area contributed by atoms with Crippen molar-refractivity contribution in [1.29, 1.82) is 5.26 Å². The molecule has 0 aliphatic heterocycles. The van der Waals surface area contributed by atoms with Gasteiger partial charge < -0.3 is 9.15 Å². The van der Waals surface area contributed by atoms with E-state index in [0.717, 1.165) is 22.8 Å². The number of nitrogens with zero attached hydrogens (tertiary/aromatic N) is 3. The van der Waals surface area contributed by atoms with Crippen molar-refractivity contribution in [1.82, 2.24) is 9.36 Å². The lowest BCUT2D eigenvalue weighted by Crippen LogP contribution is -2.13. The Kier molecular flexibility index (Phi) is 7.81. The molecule has 0 spiro atoms. The average molecular weight is 469 g/mol. The molecule has 0 aliphatic rings. The molecule has 3 rings (SSSR count). The van der Waals surface area contributed by atoms with Crippen molar-refractivity contribution in [2.45, 2.75) is 19.0 Å². The summed E-state index contributed by atoms with van der Waals surface area (Å²) < 4.78 is 14.6. The number of hydrogen-bond donors (Lipinski definition) is 1. The Labute approximate surface area is 193 Å². The number of esters is 1. The van der Waals surface area contributed by atoms with Gasteiger partial charge >= 0.3 is 5.97 Å². The molecule has 0 saturated carbocycles. The van der Waals surface area contributed by atoms with Crippen molar-refractivity contribution in [3.8, 4) is 17.4 Å². The van der Waals surface area contributed by atoms with Gasteiger partial charge in [0.15, 0.2) is 0 Å². The molecule has 0 bridgehead atoms. The third-order valence-corrected chi connectivity index (χ3v) is 6.06. The number of aromatic nitrogens is 2. The van der Waals surface area contributed by atoms with Crippen LogP contribution in [0, 0.1) is 17.2 Å². The largest absolute Gasteiger partial charge is 0.465 e. The molecule has 1 N–H and O–H groups in total. The van der Waals surface area contributed by atoms with E-state index in [9.17, 15) is 14.9 Å². The molecule has 2 heterocycles. The molecule has 0 aliphatic carbocycles. The van der Waals surface area contributed by atoms with E-state index < -0.39 is 11.9 Å². The van der Waals surface area contributed by atoms with Gasteiger partial charge in [0, 0.05) is 28.9 Å². The number of rotatable bonds is 8. The van der Waals surface area contributed by atoms with Gasteiger partial charge in [0.2, 0.25) is 10.3 Å². The van der Waals surface area contributed by atoms with Crippen LogP contribution in [0.1, 0.15) is 30.0 Å². The quantitative estimate of drug-likeness (QED) is 0.215. The second kappa shape index (κ2) is 10.7. The van der Waals surface area contributed by atoms with Gasteiger partial charge in [0.1, 0.15) is 23.2 Å². The van der Waals surface area contributed by atoms with Crippen LogP contribution in [-0.4, -0.2) is 34.1 Å². The van der Waals surface area contributed by atoms with Crippen LogP contribution in [0.3, 0.4) is 0 Å². The summed E-state index contributed by atoms with van der Waals surface area (Å²) in [6.45, 7) is 4.20. The molecule has 2 aromatic heterocycles. The summed E-state index contributed by atoms with van der Waals surface area (Å²) in [5.74, 6) is 1.23. The third-order valence-electron chi connectivity index (χ3n) is 4.04. The number of anilines is 1. The van der Waals surface area contributed by atoms with Crippen LogP contribution in [0.2, 0.25) is 0 Å². The van der Waals surface area contributed by atoms with Gasteiger partial charge in [-0.15, -0.1) is 0 Å². The molecule has 3 aromatic rings. The highest BCUT2D eigenvalue weighted by Crippen LogP contribution is 2.25. The first-order valence-corrected chi connectivity index (χ1v) is 11.3.